The summed E-state index contributed by atoms with van der Waals surface area (Å²) in [5.74, 6) is -0.351. The molecule has 0 atom stereocenters. The van der Waals surface area contributed by atoms with Crippen LogP contribution >= 0.6 is 59.1 Å². The van der Waals surface area contributed by atoms with Crippen LogP contribution in [0, 0.1) is 11.3 Å². The van der Waals surface area contributed by atoms with Crippen molar-refractivity contribution in [3.63, 3.8) is 0 Å². The molecule has 0 spiro atoms. The van der Waals surface area contributed by atoms with Gasteiger partial charge in [-0.05, 0) is 26.2 Å². The first kappa shape index (κ1) is 31.3. The Bertz CT molecular complexity index is 1130. The van der Waals surface area contributed by atoms with E-state index >= 15 is 0 Å². The van der Waals surface area contributed by atoms with Crippen molar-refractivity contribution in [3.8, 4) is 6.07 Å². The van der Waals surface area contributed by atoms with Gasteiger partial charge in [0.25, 0.3) is 0 Å². The molecular weight excluding hydrogens is 553 g/mol. The highest BCUT2D eigenvalue weighted by Gasteiger charge is 2.22. The molecule has 0 radical (unpaired) electrons. The van der Waals surface area contributed by atoms with Crippen molar-refractivity contribution in [1.29, 1.82) is 5.26 Å². The third kappa shape index (κ3) is 7.13. The van der Waals surface area contributed by atoms with Gasteiger partial charge >= 0.3 is 0 Å². The maximum absolute atomic E-state index is 12.4. The third-order valence-corrected chi connectivity index (χ3v) is 7.59. The van der Waals surface area contributed by atoms with Gasteiger partial charge in [-0.25, -0.2) is 9.97 Å². The smallest absolute Gasteiger partial charge is 0.240 e. The van der Waals surface area contributed by atoms with E-state index in [4.69, 9.17) is 11.6 Å². The molecule has 0 bridgehead atoms. The van der Waals surface area contributed by atoms with Gasteiger partial charge in [-0.1, -0.05) is 62.0 Å². The minimum Gasteiger partial charge on any atom is -0.301 e. The number of benzene rings is 1. The second-order valence-corrected chi connectivity index (χ2v) is 9.59. The lowest BCUT2D eigenvalue weighted by molar-refractivity contribution is -0.118. The maximum atomic E-state index is 12.4. The van der Waals surface area contributed by atoms with Crippen LogP contribution in [0.2, 0.25) is 5.02 Å². The molecule has 0 saturated carbocycles. The normalized spacial score (nSPS) is 10.8. The van der Waals surface area contributed by atoms with Gasteiger partial charge in [-0.3, -0.25) is 19.4 Å². The molecule has 35 heavy (non-hydrogen) atoms. The number of thiazole rings is 2. The Hall–Kier alpha value is -1.78. The van der Waals surface area contributed by atoms with Gasteiger partial charge in [-0.2, -0.15) is 5.26 Å². The van der Waals surface area contributed by atoms with Crippen molar-refractivity contribution in [2.45, 2.75) is 27.7 Å². The van der Waals surface area contributed by atoms with Crippen LogP contribution in [0.4, 0.5) is 10.3 Å². The molecule has 2 heterocycles. The molecule has 2 aromatic heterocycles. The second-order valence-electron chi connectivity index (χ2n) is 7.21. The molecule has 0 aliphatic rings. The summed E-state index contributed by atoms with van der Waals surface area (Å²) in [7, 11) is 0. The number of halogens is 3. The molecule has 0 fully saturated rings. The van der Waals surface area contributed by atoms with E-state index in [1.54, 1.807) is 0 Å². The number of nitrogens with zero attached hydrogens (tertiary/aromatic N) is 5. The number of carbonyl (C=O) groups excluding carboxylic acids is 2. The highest BCUT2D eigenvalue weighted by atomic mass is 35.5. The Morgan fingerprint density at radius 3 is 1.54 bits per heavy atom. The Kier molecular flexibility index (Phi) is 12.6. The fraction of sp³-hybridized carbons (Fsp3) is 0.476. The molecule has 192 valence electrons. The van der Waals surface area contributed by atoms with E-state index in [1.807, 2.05) is 37.5 Å². The van der Waals surface area contributed by atoms with Gasteiger partial charge in [0.1, 0.15) is 17.1 Å². The van der Waals surface area contributed by atoms with Crippen molar-refractivity contribution in [3.05, 3.63) is 10.6 Å². The molecule has 14 heteroatoms. The molecule has 3 aromatic rings. The first-order valence-electron chi connectivity index (χ1n) is 10.7. The number of fused-ring (bicyclic) bond motifs is 2. The number of hydrogen-bond acceptors (Lipinski definition) is 9. The zero-order valence-electron chi connectivity index (χ0n) is 19.8. The van der Waals surface area contributed by atoms with E-state index in [1.165, 1.54) is 22.7 Å². The van der Waals surface area contributed by atoms with E-state index in [2.05, 4.69) is 26.7 Å². The zero-order chi connectivity index (χ0) is 24.1. The molecule has 0 saturated heterocycles. The summed E-state index contributed by atoms with van der Waals surface area (Å²) in [5.41, 5.74) is 1.21. The Morgan fingerprint density at radius 1 is 0.857 bits per heavy atom. The fourth-order valence-electron chi connectivity index (χ4n) is 3.32. The number of rotatable bonds is 10. The molecular formula is C21H28Cl3N7O2S2. The van der Waals surface area contributed by atoms with Crippen LogP contribution in [0.15, 0.2) is 0 Å². The topological polar surface area (TPSA) is 114 Å². The minimum absolute atomic E-state index is 0. The first-order valence-corrected chi connectivity index (χ1v) is 12.7. The Balaban J connectivity index is 0.00000306. The third-order valence-electron chi connectivity index (χ3n) is 5.25. The van der Waals surface area contributed by atoms with E-state index < -0.39 is 0 Å². The Morgan fingerprint density at radius 2 is 1.23 bits per heavy atom. The van der Waals surface area contributed by atoms with Crippen LogP contribution < -0.4 is 10.6 Å². The molecule has 9 nitrogen and oxygen atoms in total. The van der Waals surface area contributed by atoms with E-state index in [9.17, 15) is 14.9 Å². The van der Waals surface area contributed by atoms with E-state index in [0.29, 0.717) is 41.3 Å². The predicted molar refractivity (Wildman–Crippen MR) is 150 cm³/mol. The fourth-order valence-corrected chi connectivity index (χ4v) is 5.75. The lowest BCUT2D eigenvalue weighted by atomic mass is 10.2. The van der Waals surface area contributed by atoms with Crippen LogP contribution in [-0.2, 0) is 9.59 Å². The maximum Gasteiger partial charge on any atom is 0.240 e. The minimum atomic E-state index is -0.175. The summed E-state index contributed by atoms with van der Waals surface area (Å²) in [5, 5.41) is 16.5. The summed E-state index contributed by atoms with van der Waals surface area (Å²) in [6, 6.07) is 2.21. The molecule has 2 N–H and O–H groups in total. The molecule has 0 aliphatic heterocycles. The zero-order valence-corrected chi connectivity index (χ0v) is 23.8. The van der Waals surface area contributed by atoms with Crippen LogP contribution in [0.1, 0.15) is 33.3 Å². The highest BCUT2D eigenvalue weighted by molar-refractivity contribution is 7.25. The lowest BCUT2D eigenvalue weighted by Gasteiger charge is -2.16. The number of amides is 2. The van der Waals surface area contributed by atoms with Crippen molar-refractivity contribution in [2.75, 3.05) is 49.9 Å². The summed E-state index contributed by atoms with van der Waals surface area (Å²) in [6.07, 6.45) is 0. The van der Waals surface area contributed by atoms with Gasteiger partial charge in [0.15, 0.2) is 10.3 Å². The van der Waals surface area contributed by atoms with E-state index in [0.717, 1.165) is 26.2 Å². The van der Waals surface area contributed by atoms with Crippen LogP contribution in [0.3, 0.4) is 0 Å². The number of hydrogen-bond donors (Lipinski definition) is 2. The van der Waals surface area contributed by atoms with Crippen LogP contribution in [-0.4, -0.2) is 70.9 Å². The first-order chi connectivity index (χ1) is 15.8. The standard InChI is InChI=1S/C21H26ClN7O2S2.2ClH/c1-5-28(6-2)10-13(30)24-20-26-16-15(22)17-19(12(9-23)18(16)32-20)33-21(27-17)25-14(31)11-29(7-3)8-4;;/h5-8,10-11H2,1-4H3,(H,24,26,30)(H,25,27,31);2*1H. The molecule has 0 aliphatic carbocycles. The molecule has 2 amide bonds. The lowest BCUT2D eigenvalue weighted by Crippen LogP contribution is -2.32. The number of carbonyl (C=O) groups is 2. The van der Waals surface area contributed by atoms with Gasteiger partial charge in [0, 0.05) is 0 Å². The van der Waals surface area contributed by atoms with Gasteiger partial charge in [0.05, 0.1) is 33.1 Å². The van der Waals surface area contributed by atoms with Crippen LogP contribution in [0.25, 0.3) is 20.4 Å². The van der Waals surface area contributed by atoms with Gasteiger partial charge in [-0.15, -0.1) is 24.8 Å². The Labute approximate surface area is 229 Å². The number of nitrogens with one attached hydrogen (secondary N) is 2. The second kappa shape index (κ2) is 14.1. The number of aromatic nitrogens is 2. The number of anilines is 2. The SMILES string of the molecule is CCN(CC)CC(=O)Nc1nc2c(Cl)c3nc(NC(=O)CN(CC)CC)sc3c(C#N)c2s1.Cl.Cl. The summed E-state index contributed by atoms with van der Waals surface area (Å²) < 4.78 is 1.16. The number of likely N-dealkylation sites (N-methyl/N-ethyl adjacent to an activating group) is 2. The average Bonchev–Trinajstić information content (AvgIpc) is 3.40. The van der Waals surface area contributed by atoms with Gasteiger partial charge < -0.3 is 10.6 Å². The molecule has 3 rings (SSSR count). The van der Waals surface area contributed by atoms with Crippen molar-refractivity contribution >= 4 is 102 Å². The molecule has 1 aromatic carbocycles. The van der Waals surface area contributed by atoms with Crippen LogP contribution in [0.5, 0.6) is 0 Å². The van der Waals surface area contributed by atoms with Crippen molar-refractivity contribution in [2.24, 2.45) is 0 Å². The summed E-state index contributed by atoms with van der Waals surface area (Å²) >= 11 is 9.00. The predicted octanol–water partition coefficient (Wildman–Crippen LogP) is 4.84. The largest absolute Gasteiger partial charge is 0.301 e. The van der Waals surface area contributed by atoms with Gasteiger partial charge in [0.2, 0.25) is 11.8 Å². The molecule has 0 unspecified atom stereocenters. The monoisotopic (exact) mass is 579 g/mol. The average molecular weight is 581 g/mol. The summed E-state index contributed by atoms with van der Waals surface area (Å²) in [4.78, 5) is 37.6. The number of nitriles is 1. The quantitative estimate of drug-likeness (QED) is 0.353. The van der Waals surface area contributed by atoms with E-state index in [-0.39, 0.29) is 49.7 Å². The van der Waals surface area contributed by atoms with Crippen molar-refractivity contribution < 1.29 is 9.59 Å². The van der Waals surface area contributed by atoms with Crippen molar-refractivity contribution in [1.82, 2.24) is 19.8 Å². The highest BCUT2D eigenvalue weighted by Crippen LogP contribution is 2.42. The summed E-state index contributed by atoms with van der Waals surface area (Å²) in [6.45, 7) is 11.6.